The van der Waals surface area contributed by atoms with Gasteiger partial charge in [-0.2, -0.15) is 5.10 Å². The number of nitrogens with zero attached hydrogens (tertiary/aromatic N) is 5. The van der Waals surface area contributed by atoms with Gasteiger partial charge in [-0.05, 0) is 85.3 Å². The number of aromatic nitrogens is 5. The molecule has 12 nitrogen and oxygen atoms in total. The lowest BCUT2D eigenvalue weighted by atomic mass is 10.0. The average molecular weight is 670 g/mol. The van der Waals surface area contributed by atoms with Crippen molar-refractivity contribution in [3.05, 3.63) is 131 Å². The predicted octanol–water partition coefficient (Wildman–Crippen LogP) is 6.89. The molecular weight excluding hydrogens is 641 g/mol. The topological polar surface area (TPSA) is 146 Å². The Morgan fingerprint density at radius 1 is 0.900 bits per heavy atom. The number of aryl methyl sites for hydroxylation is 2. The van der Waals surface area contributed by atoms with Gasteiger partial charge in [-0.15, -0.1) is 0 Å². The fraction of sp³-hybridized carbons (Fsp3) is 0.0811. The normalized spacial score (nSPS) is 11.0. The van der Waals surface area contributed by atoms with Gasteiger partial charge in [0.05, 0.1) is 11.8 Å². The van der Waals surface area contributed by atoms with Crippen molar-refractivity contribution in [3.63, 3.8) is 0 Å². The molecular formula is C37H28FN7O5. The molecule has 4 aromatic heterocycles. The number of furan rings is 1. The van der Waals surface area contributed by atoms with E-state index in [0.717, 1.165) is 5.56 Å². The van der Waals surface area contributed by atoms with E-state index < -0.39 is 17.3 Å². The number of carbonyl (C=O) groups is 2. The van der Waals surface area contributed by atoms with Crippen LogP contribution >= 0.6 is 0 Å². The monoisotopic (exact) mass is 669 g/mol. The van der Waals surface area contributed by atoms with Gasteiger partial charge < -0.3 is 19.8 Å². The number of hydrogen-bond acceptors (Lipinski definition) is 8. The number of ether oxygens (including phenoxy) is 1. The fourth-order valence-corrected chi connectivity index (χ4v) is 5.59. The highest BCUT2D eigenvalue weighted by Crippen LogP contribution is 2.44. The molecule has 0 saturated heterocycles. The van der Waals surface area contributed by atoms with E-state index in [2.05, 4.69) is 25.7 Å². The number of nitrogens with one attached hydrogen (secondary N) is 2. The lowest BCUT2D eigenvalue weighted by Crippen LogP contribution is -2.29. The summed E-state index contributed by atoms with van der Waals surface area (Å²) in [5.41, 5.74) is 3.78. The minimum Gasteiger partial charge on any atom is -0.438 e. The van der Waals surface area contributed by atoms with E-state index in [0.29, 0.717) is 50.8 Å². The SMILES string of the molecule is CC(=O)Nc1cccc(-c2c(-c3cnn(C)c3)oc3ncnc(Oc4ccc(NC(=O)c5ccc(C)n(-c6ccc(F)cc6)c5=O)cc4)c23)c1. The third-order valence-electron chi connectivity index (χ3n) is 7.83. The number of benzene rings is 3. The largest absolute Gasteiger partial charge is 0.438 e. The van der Waals surface area contributed by atoms with E-state index in [9.17, 15) is 18.8 Å². The summed E-state index contributed by atoms with van der Waals surface area (Å²) < 4.78 is 29.0. The molecule has 0 aliphatic carbocycles. The van der Waals surface area contributed by atoms with E-state index in [1.54, 1.807) is 61.2 Å². The number of pyridine rings is 1. The molecule has 0 fully saturated rings. The Labute approximate surface area is 283 Å². The Bertz CT molecular complexity index is 2470. The Hall–Kier alpha value is -6.89. The third-order valence-corrected chi connectivity index (χ3v) is 7.83. The highest BCUT2D eigenvalue weighted by Gasteiger charge is 2.24. The van der Waals surface area contributed by atoms with Gasteiger partial charge in [0.15, 0.2) is 0 Å². The molecule has 13 heteroatoms. The smallest absolute Gasteiger partial charge is 0.268 e. The van der Waals surface area contributed by atoms with Gasteiger partial charge in [0.25, 0.3) is 11.5 Å². The molecule has 3 aromatic carbocycles. The molecule has 0 saturated carbocycles. The first kappa shape index (κ1) is 31.7. The van der Waals surface area contributed by atoms with Crippen LogP contribution in [-0.2, 0) is 11.8 Å². The second-order valence-electron chi connectivity index (χ2n) is 11.4. The summed E-state index contributed by atoms with van der Waals surface area (Å²) in [7, 11) is 1.80. The zero-order chi connectivity index (χ0) is 34.9. The summed E-state index contributed by atoms with van der Waals surface area (Å²) in [5, 5.41) is 10.4. The summed E-state index contributed by atoms with van der Waals surface area (Å²) in [5.74, 6) is -0.140. The first-order valence-electron chi connectivity index (χ1n) is 15.4. The van der Waals surface area contributed by atoms with Crippen LogP contribution in [0.2, 0.25) is 0 Å². The van der Waals surface area contributed by atoms with Crippen molar-refractivity contribution in [1.82, 2.24) is 24.3 Å². The van der Waals surface area contributed by atoms with Gasteiger partial charge in [0, 0.05) is 48.5 Å². The summed E-state index contributed by atoms with van der Waals surface area (Å²) >= 11 is 0. The third kappa shape index (κ3) is 6.22. The zero-order valence-corrected chi connectivity index (χ0v) is 27.0. The number of fused-ring (bicyclic) bond motifs is 1. The standard InChI is InChI=1S/C37H28FN7O5/c1-21-7-16-30(37(48)45(21)28-12-8-25(38)9-13-28)34(47)43-26-10-14-29(15-11-26)49-35-32-31(23-5-4-6-27(17-23)42-22(2)46)33(24-18-41-44(3)19-24)50-36(32)40-20-39-35/h4-20H,1-3H3,(H,42,46)(H,43,47). The quantitative estimate of drug-likeness (QED) is 0.178. The molecule has 7 rings (SSSR count). The maximum atomic E-state index is 13.5. The number of amides is 2. The predicted molar refractivity (Wildman–Crippen MR) is 185 cm³/mol. The minimum absolute atomic E-state index is 0.0805. The molecule has 2 amide bonds. The molecule has 50 heavy (non-hydrogen) atoms. The van der Waals surface area contributed by atoms with Crippen LogP contribution in [0.1, 0.15) is 23.0 Å². The number of anilines is 2. The summed E-state index contributed by atoms with van der Waals surface area (Å²) in [6.45, 7) is 3.16. The molecule has 0 aliphatic heterocycles. The molecule has 2 N–H and O–H groups in total. The minimum atomic E-state index is -0.607. The Morgan fingerprint density at radius 2 is 1.68 bits per heavy atom. The van der Waals surface area contributed by atoms with E-state index in [1.807, 2.05) is 24.4 Å². The Kier molecular flexibility index (Phi) is 8.21. The van der Waals surface area contributed by atoms with E-state index in [1.165, 1.54) is 48.1 Å². The van der Waals surface area contributed by atoms with Crippen LogP contribution in [0.25, 0.3) is 39.2 Å². The molecule has 7 aromatic rings. The van der Waals surface area contributed by atoms with Crippen LogP contribution in [0.5, 0.6) is 11.6 Å². The van der Waals surface area contributed by atoms with Gasteiger partial charge in [0.1, 0.15) is 34.6 Å². The van der Waals surface area contributed by atoms with Gasteiger partial charge in [-0.25, -0.2) is 14.4 Å². The van der Waals surface area contributed by atoms with Crippen molar-refractivity contribution in [2.75, 3.05) is 10.6 Å². The van der Waals surface area contributed by atoms with Crippen LogP contribution in [0.15, 0.2) is 113 Å². The van der Waals surface area contributed by atoms with Crippen LogP contribution in [0.3, 0.4) is 0 Å². The Morgan fingerprint density at radius 3 is 2.40 bits per heavy atom. The lowest BCUT2D eigenvalue weighted by molar-refractivity contribution is -0.114. The molecule has 0 spiro atoms. The van der Waals surface area contributed by atoms with Crippen LogP contribution in [0, 0.1) is 12.7 Å². The Balaban J connectivity index is 1.19. The molecule has 0 bridgehead atoms. The average Bonchev–Trinajstić information content (AvgIpc) is 3.70. The second-order valence-corrected chi connectivity index (χ2v) is 11.4. The van der Waals surface area contributed by atoms with Crippen molar-refractivity contribution >= 4 is 34.3 Å². The van der Waals surface area contributed by atoms with Crippen molar-refractivity contribution in [3.8, 4) is 39.8 Å². The van der Waals surface area contributed by atoms with Crippen LogP contribution < -0.4 is 20.9 Å². The maximum Gasteiger partial charge on any atom is 0.268 e. The highest BCUT2D eigenvalue weighted by molar-refractivity contribution is 6.05. The van der Waals surface area contributed by atoms with Crippen molar-refractivity contribution < 1.29 is 23.1 Å². The van der Waals surface area contributed by atoms with Gasteiger partial charge in [-0.1, -0.05) is 12.1 Å². The number of carbonyl (C=O) groups excluding carboxylic acids is 2. The molecule has 0 atom stereocenters. The van der Waals surface area contributed by atoms with E-state index in [4.69, 9.17) is 9.15 Å². The fourth-order valence-electron chi connectivity index (χ4n) is 5.59. The van der Waals surface area contributed by atoms with Gasteiger partial charge in [0.2, 0.25) is 17.5 Å². The highest BCUT2D eigenvalue weighted by atomic mass is 19.1. The van der Waals surface area contributed by atoms with Crippen molar-refractivity contribution in [1.29, 1.82) is 0 Å². The lowest BCUT2D eigenvalue weighted by Gasteiger charge is -2.12. The summed E-state index contributed by atoms with van der Waals surface area (Å²) in [6.07, 6.45) is 4.82. The number of rotatable bonds is 8. The molecule has 0 radical (unpaired) electrons. The van der Waals surface area contributed by atoms with Crippen molar-refractivity contribution in [2.24, 2.45) is 7.05 Å². The first-order chi connectivity index (χ1) is 24.1. The maximum absolute atomic E-state index is 13.5. The summed E-state index contributed by atoms with van der Waals surface area (Å²) in [6, 6.07) is 22.4. The first-order valence-corrected chi connectivity index (χ1v) is 15.4. The zero-order valence-electron chi connectivity index (χ0n) is 27.0. The molecule has 0 aliphatic rings. The molecule has 248 valence electrons. The van der Waals surface area contributed by atoms with Crippen LogP contribution in [-0.4, -0.2) is 36.1 Å². The van der Waals surface area contributed by atoms with Gasteiger partial charge in [-0.3, -0.25) is 23.6 Å². The number of hydrogen-bond donors (Lipinski definition) is 2. The number of halogens is 1. The molecule has 4 heterocycles. The molecule has 0 unspecified atom stereocenters. The summed E-state index contributed by atoms with van der Waals surface area (Å²) in [4.78, 5) is 47.1. The van der Waals surface area contributed by atoms with Crippen LogP contribution in [0.4, 0.5) is 15.8 Å². The van der Waals surface area contributed by atoms with E-state index in [-0.39, 0.29) is 23.1 Å². The second kappa shape index (κ2) is 13.0. The van der Waals surface area contributed by atoms with Gasteiger partial charge >= 0.3 is 0 Å². The van der Waals surface area contributed by atoms with E-state index >= 15 is 0 Å². The van der Waals surface area contributed by atoms with Crippen molar-refractivity contribution in [2.45, 2.75) is 13.8 Å².